The maximum atomic E-state index is 11.3. The SMILES string of the molecule is COC(=O)CCC1CC(NC(=O)OC)CN(CC#N)C1. The summed E-state index contributed by atoms with van der Waals surface area (Å²) in [5, 5.41) is 11.6. The quantitative estimate of drug-likeness (QED) is 0.584. The lowest BCUT2D eigenvalue weighted by atomic mass is 9.90. The van der Waals surface area contributed by atoms with Gasteiger partial charge in [-0.05, 0) is 18.8 Å². The van der Waals surface area contributed by atoms with Crippen molar-refractivity contribution in [3.8, 4) is 6.07 Å². The number of carbonyl (C=O) groups excluding carboxylic acids is 2. The van der Waals surface area contributed by atoms with E-state index in [2.05, 4.69) is 20.9 Å². The lowest BCUT2D eigenvalue weighted by Gasteiger charge is -2.36. The van der Waals surface area contributed by atoms with E-state index in [0.29, 0.717) is 25.9 Å². The van der Waals surface area contributed by atoms with Crippen LogP contribution in [0.25, 0.3) is 0 Å². The maximum Gasteiger partial charge on any atom is 0.407 e. The lowest BCUT2D eigenvalue weighted by molar-refractivity contribution is -0.141. The molecule has 1 N–H and O–H groups in total. The van der Waals surface area contributed by atoms with E-state index < -0.39 is 6.09 Å². The van der Waals surface area contributed by atoms with Gasteiger partial charge in [0.25, 0.3) is 0 Å². The van der Waals surface area contributed by atoms with E-state index in [-0.39, 0.29) is 17.9 Å². The van der Waals surface area contributed by atoms with Crippen LogP contribution in [-0.4, -0.2) is 56.9 Å². The Balaban J connectivity index is 2.53. The second-order valence-corrected chi connectivity index (χ2v) is 4.90. The van der Waals surface area contributed by atoms with Crippen molar-refractivity contribution < 1.29 is 19.1 Å². The summed E-state index contributed by atoms with van der Waals surface area (Å²) in [4.78, 5) is 24.4. The van der Waals surface area contributed by atoms with Gasteiger partial charge in [0.1, 0.15) is 0 Å². The fraction of sp³-hybridized carbons (Fsp3) is 0.769. The smallest absolute Gasteiger partial charge is 0.407 e. The zero-order chi connectivity index (χ0) is 15.0. The Bertz CT molecular complexity index is 380. The third kappa shape index (κ3) is 5.45. The van der Waals surface area contributed by atoms with Crippen molar-refractivity contribution in [2.75, 3.05) is 33.9 Å². The summed E-state index contributed by atoms with van der Waals surface area (Å²) in [6, 6.07) is 2.05. The van der Waals surface area contributed by atoms with E-state index in [1.165, 1.54) is 14.2 Å². The number of hydrogen-bond acceptors (Lipinski definition) is 6. The molecule has 1 aliphatic rings. The molecule has 0 aromatic carbocycles. The van der Waals surface area contributed by atoms with Crippen LogP contribution in [0.15, 0.2) is 0 Å². The van der Waals surface area contributed by atoms with Gasteiger partial charge in [-0.2, -0.15) is 5.26 Å². The number of alkyl carbamates (subject to hydrolysis) is 1. The number of carbonyl (C=O) groups is 2. The zero-order valence-electron chi connectivity index (χ0n) is 11.9. The average Bonchev–Trinajstić information content (AvgIpc) is 2.44. The number of nitrogens with zero attached hydrogens (tertiary/aromatic N) is 2. The Morgan fingerprint density at radius 1 is 1.35 bits per heavy atom. The van der Waals surface area contributed by atoms with Crippen LogP contribution in [0.2, 0.25) is 0 Å². The van der Waals surface area contributed by atoms with Crippen LogP contribution in [0.3, 0.4) is 0 Å². The van der Waals surface area contributed by atoms with Gasteiger partial charge in [0, 0.05) is 25.6 Å². The summed E-state index contributed by atoms with van der Waals surface area (Å²) in [6.07, 6.45) is 1.34. The standard InChI is InChI=1S/C13H21N3O4/c1-19-12(17)4-3-10-7-11(15-13(18)20-2)9-16(8-10)6-5-14/h10-11H,3-4,6-9H2,1-2H3,(H,15,18). The summed E-state index contributed by atoms with van der Waals surface area (Å²) >= 11 is 0. The zero-order valence-corrected chi connectivity index (χ0v) is 11.9. The molecule has 1 rings (SSSR count). The maximum absolute atomic E-state index is 11.3. The minimum absolute atomic E-state index is 0.0628. The minimum Gasteiger partial charge on any atom is -0.469 e. The van der Waals surface area contributed by atoms with Gasteiger partial charge in [0.2, 0.25) is 0 Å². The number of nitrogens with one attached hydrogen (secondary N) is 1. The number of ether oxygens (including phenoxy) is 2. The Labute approximate surface area is 118 Å². The van der Waals surface area contributed by atoms with Gasteiger partial charge in [-0.15, -0.1) is 0 Å². The molecule has 1 fully saturated rings. The van der Waals surface area contributed by atoms with Crippen molar-refractivity contribution in [3.63, 3.8) is 0 Å². The van der Waals surface area contributed by atoms with E-state index in [0.717, 1.165) is 13.0 Å². The monoisotopic (exact) mass is 283 g/mol. The lowest BCUT2D eigenvalue weighted by Crippen LogP contribution is -2.50. The van der Waals surface area contributed by atoms with Gasteiger partial charge in [-0.3, -0.25) is 9.69 Å². The third-order valence-corrected chi connectivity index (χ3v) is 3.40. The number of piperidine rings is 1. The van der Waals surface area contributed by atoms with Gasteiger partial charge < -0.3 is 14.8 Å². The van der Waals surface area contributed by atoms with Crippen molar-refractivity contribution in [2.45, 2.75) is 25.3 Å². The predicted molar refractivity (Wildman–Crippen MR) is 70.7 cm³/mol. The summed E-state index contributed by atoms with van der Waals surface area (Å²) in [7, 11) is 2.69. The Hall–Kier alpha value is -1.81. The summed E-state index contributed by atoms with van der Waals surface area (Å²) < 4.78 is 9.22. The molecule has 0 aromatic heterocycles. The van der Waals surface area contributed by atoms with Crippen LogP contribution in [0, 0.1) is 17.2 Å². The highest BCUT2D eigenvalue weighted by atomic mass is 16.5. The van der Waals surface area contributed by atoms with Crippen LogP contribution in [0.1, 0.15) is 19.3 Å². The van der Waals surface area contributed by atoms with Gasteiger partial charge in [-0.1, -0.05) is 0 Å². The van der Waals surface area contributed by atoms with E-state index >= 15 is 0 Å². The molecule has 1 amide bonds. The first kappa shape index (κ1) is 16.2. The molecule has 1 heterocycles. The van der Waals surface area contributed by atoms with Gasteiger partial charge in [0.05, 0.1) is 26.8 Å². The van der Waals surface area contributed by atoms with Crippen LogP contribution < -0.4 is 5.32 Å². The van der Waals surface area contributed by atoms with Gasteiger partial charge in [-0.25, -0.2) is 4.79 Å². The molecule has 1 aliphatic heterocycles. The minimum atomic E-state index is -0.472. The largest absolute Gasteiger partial charge is 0.469 e. The van der Waals surface area contributed by atoms with E-state index in [1.54, 1.807) is 0 Å². The Morgan fingerprint density at radius 3 is 2.70 bits per heavy atom. The third-order valence-electron chi connectivity index (χ3n) is 3.40. The number of methoxy groups -OCH3 is 2. The number of rotatable bonds is 5. The first-order valence-corrected chi connectivity index (χ1v) is 6.59. The molecule has 2 unspecified atom stereocenters. The first-order valence-electron chi connectivity index (χ1n) is 6.59. The second kappa shape index (κ2) is 8.38. The molecule has 0 aromatic rings. The number of amides is 1. The molecule has 0 aliphatic carbocycles. The number of esters is 1. The second-order valence-electron chi connectivity index (χ2n) is 4.90. The van der Waals surface area contributed by atoms with Crippen molar-refractivity contribution in [3.05, 3.63) is 0 Å². The highest BCUT2D eigenvalue weighted by molar-refractivity contribution is 5.69. The topological polar surface area (TPSA) is 91.7 Å². The average molecular weight is 283 g/mol. The fourth-order valence-corrected chi connectivity index (χ4v) is 2.50. The molecule has 7 nitrogen and oxygen atoms in total. The normalized spacial score (nSPS) is 22.6. The summed E-state index contributed by atoms with van der Waals surface area (Å²) in [5.41, 5.74) is 0. The fourth-order valence-electron chi connectivity index (χ4n) is 2.50. The van der Waals surface area contributed by atoms with Crippen LogP contribution in [-0.2, 0) is 14.3 Å². The number of nitriles is 1. The van der Waals surface area contributed by atoms with Crippen LogP contribution >= 0.6 is 0 Å². The highest BCUT2D eigenvalue weighted by Gasteiger charge is 2.28. The molecule has 0 radical (unpaired) electrons. The molecule has 20 heavy (non-hydrogen) atoms. The van der Waals surface area contributed by atoms with Crippen molar-refractivity contribution in [1.82, 2.24) is 10.2 Å². The molecule has 112 valence electrons. The van der Waals surface area contributed by atoms with Crippen LogP contribution in [0.4, 0.5) is 4.79 Å². The molecule has 2 atom stereocenters. The van der Waals surface area contributed by atoms with E-state index in [4.69, 9.17) is 5.26 Å². The van der Waals surface area contributed by atoms with E-state index in [1.807, 2.05) is 4.90 Å². The van der Waals surface area contributed by atoms with E-state index in [9.17, 15) is 9.59 Å². The summed E-state index contributed by atoms with van der Waals surface area (Å²) in [6.45, 7) is 1.69. The molecule has 0 spiro atoms. The predicted octanol–water partition coefficient (Wildman–Crippen LogP) is 0.510. The Morgan fingerprint density at radius 2 is 2.10 bits per heavy atom. The molecule has 1 saturated heterocycles. The highest BCUT2D eigenvalue weighted by Crippen LogP contribution is 2.21. The molecular formula is C13H21N3O4. The number of hydrogen-bond donors (Lipinski definition) is 1. The van der Waals surface area contributed by atoms with Crippen molar-refractivity contribution in [2.24, 2.45) is 5.92 Å². The molecular weight excluding hydrogens is 262 g/mol. The Kier molecular flexibility index (Phi) is 6.81. The van der Waals surface area contributed by atoms with Gasteiger partial charge >= 0.3 is 12.1 Å². The number of likely N-dealkylation sites (tertiary alicyclic amines) is 1. The summed E-state index contributed by atoms with van der Waals surface area (Å²) in [5.74, 6) is 0.0123. The molecule has 0 bridgehead atoms. The first-order chi connectivity index (χ1) is 9.58. The van der Waals surface area contributed by atoms with Crippen molar-refractivity contribution >= 4 is 12.1 Å². The molecule has 0 saturated carbocycles. The molecule has 7 heteroatoms. The van der Waals surface area contributed by atoms with Crippen molar-refractivity contribution in [1.29, 1.82) is 5.26 Å². The van der Waals surface area contributed by atoms with Crippen LogP contribution in [0.5, 0.6) is 0 Å². The van der Waals surface area contributed by atoms with Gasteiger partial charge in [0.15, 0.2) is 0 Å².